The predicted octanol–water partition coefficient (Wildman–Crippen LogP) is -1.45. The van der Waals surface area contributed by atoms with Crippen LogP contribution < -0.4 is 29.6 Å². The summed E-state index contributed by atoms with van der Waals surface area (Å²) in [6, 6.07) is 0. The summed E-state index contributed by atoms with van der Waals surface area (Å²) in [5.74, 6) is -3.48. The molecular formula is C12H21NaO8. The zero-order valence-electron chi connectivity index (χ0n) is 13.1. The van der Waals surface area contributed by atoms with E-state index in [-0.39, 0.29) is 56.7 Å². The van der Waals surface area contributed by atoms with E-state index in [4.69, 9.17) is 20.4 Å². The van der Waals surface area contributed by atoms with Gasteiger partial charge in [-0.15, -0.1) is 0 Å². The van der Waals surface area contributed by atoms with Gasteiger partial charge in [0.15, 0.2) is 0 Å². The molecule has 118 valence electrons. The van der Waals surface area contributed by atoms with E-state index in [0.29, 0.717) is 25.7 Å². The first-order chi connectivity index (χ1) is 9.25. The maximum atomic E-state index is 9.90. The number of hydrogen-bond donors (Lipinski definition) is 4. The second-order valence-electron chi connectivity index (χ2n) is 3.99. The summed E-state index contributed by atoms with van der Waals surface area (Å²) in [4.78, 5) is 39.6. The molecule has 0 saturated heterocycles. The van der Waals surface area contributed by atoms with Crippen LogP contribution in [0.4, 0.5) is 0 Å². The molecule has 0 amide bonds. The van der Waals surface area contributed by atoms with E-state index in [1.807, 2.05) is 0 Å². The number of carboxylic acids is 4. The van der Waals surface area contributed by atoms with Crippen molar-refractivity contribution >= 4 is 23.9 Å². The summed E-state index contributed by atoms with van der Waals surface area (Å²) < 4.78 is 0. The minimum Gasteiger partial charge on any atom is -1.00 e. The molecule has 0 spiro atoms. The Morgan fingerprint density at radius 3 is 0.762 bits per heavy atom. The average molecular weight is 316 g/mol. The van der Waals surface area contributed by atoms with E-state index in [1.54, 1.807) is 0 Å². The van der Waals surface area contributed by atoms with E-state index in [1.165, 1.54) is 0 Å². The molecule has 9 heteroatoms. The van der Waals surface area contributed by atoms with Crippen LogP contribution in [0.1, 0.15) is 52.8 Å². The van der Waals surface area contributed by atoms with Crippen molar-refractivity contribution in [3.8, 4) is 0 Å². The summed E-state index contributed by atoms with van der Waals surface area (Å²) in [5, 5.41) is 32.5. The van der Waals surface area contributed by atoms with Crippen molar-refractivity contribution in [1.82, 2.24) is 0 Å². The molecule has 0 bridgehead atoms. The van der Waals surface area contributed by atoms with Crippen molar-refractivity contribution in [3.63, 3.8) is 0 Å². The molecule has 0 aromatic rings. The van der Waals surface area contributed by atoms with Gasteiger partial charge in [0.1, 0.15) is 0 Å². The SMILES string of the molecule is O=C(O)CCCCC(=O)O.O=C(O)CCCCC(=O)O.[H-].[Na+]. The smallest absolute Gasteiger partial charge is 1.00 e. The fraction of sp³-hybridized carbons (Fsp3) is 0.667. The van der Waals surface area contributed by atoms with Crippen molar-refractivity contribution in [1.29, 1.82) is 0 Å². The summed E-state index contributed by atoms with van der Waals surface area (Å²) in [7, 11) is 0. The molecule has 0 aliphatic heterocycles. The van der Waals surface area contributed by atoms with Crippen LogP contribution in [0, 0.1) is 0 Å². The molecule has 4 N–H and O–H groups in total. The third kappa shape index (κ3) is 32.4. The molecule has 21 heavy (non-hydrogen) atoms. The zero-order valence-corrected chi connectivity index (χ0v) is 14.1. The number of hydrogen-bond acceptors (Lipinski definition) is 4. The molecule has 0 aromatic carbocycles. The molecule has 8 nitrogen and oxygen atoms in total. The van der Waals surface area contributed by atoms with Gasteiger partial charge in [0.2, 0.25) is 0 Å². The largest absolute Gasteiger partial charge is 1.00 e. The van der Waals surface area contributed by atoms with Gasteiger partial charge in [-0.2, -0.15) is 0 Å². The predicted molar refractivity (Wildman–Crippen MR) is 68.6 cm³/mol. The van der Waals surface area contributed by atoms with Crippen molar-refractivity contribution in [3.05, 3.63) is 0 Å². The molecule has 0 atom stereocenters. The third-order valence-electron chi connectivity index (χ3n) is 2.06. The molecule has 0 aliphatic carbocycles. The van der Waals surface area contributed by atoms with Gasteiger partial charge in [-0.1, -0.05) is 0 Å². The zero-order chi connectivity index (χ0) is 16.0. The van der Waals surface area contributed by atoms with E-state index < -0.39 is 23.9 Å². The molecule has 0 unspecified atom stereocenters. The Bertz CT molecular complexity index is 271. The van der Waals surface area contributed by atoms with Crippen molar-refractivity contribution in [2.45, 2.75) is 51.4 Å². The van der Waals surface area contributed by atoms with E-state index in [0.717, 1.165) is 0 Å². The van der Waals surface area contributed by atoms with E-state index in [9.17, 15) is 19.2 Å². The molecule has 0 rings (SSSR count). The van der Waals surface area contributed by atoms with Crippen LogP contribution in [0.15, 0.2) is 0 Å². The number of carboxylic acid groups (broad SMARTS) is 4. The Morgan fingerprint density at radius 2 is 0.667 bits per heavy atom. The summed E-state index contributed by atoms with van der Waals surface area (Å²) in [6.07, 6.45) is 2.04. The summed E-state index contributed by atoms with van der Waals surface area (Å²) >= 11 is 0. The molecule has 0 saturated carbocycles. The van der Waals surface area contributed by atoms with Gasteiger partial charge in [0.05, 0.1) is 0 Å². The minimum atomic E-state index is -0.870. The number of carbonyl (C=O) groups is 4. The maximum absolute atomic E-state index is 9.90. The molecular weight excluding hydrogens is 295 g/mol. The molecule has 0 aromatic heterocycles. The number of rotatable bonds is 10. The standard InChI is InChI=1S/2C6H10O4.Na.H/c2*7-5(8)3-1-2-4-6(9)10;;/h2*1-4H2,(H,7,8)(H,9,10);;/q;;+1;-1. The van der Waals surface area contributed by atoms with E-state index >= 15 is 0 Å². The fourth-order valence-corrected chi connectivity index (χ4v) is 1.10. The van der Waals surface area contributed by atoms with Crippen LogP contribution in [0.5, 0.6) is 0 Å². The molecule has 0 aliphatic rings. The second-order valence-corrected chi connectivity index (χ2v) is 3.99. The van der Waals surface area contributed by atoms with Gasteiger partial charge in [-0.05, 0) is 25.7 Å². The van der Waals surface area contributed by atoms with Crippen LogP contribution in [0.25, 0.3) is 0 Å². The molecule has 0 heterocycles. The number of aliphatic carboxylic acids is 4. The van der Waals surface area contributed by atoms with Gasteiger partial charge in [0, 0.05) is 25.7 Å². The van der Waals surface area contributed by atoms with Gasteiger partial charge in [-0.25, -0.2) is 0 Å². The Hall–Kier alpha value is -1.12. The van der Waals surface area contributed by atoms with Crippen molar-refractivity contribution < 1.29 is 70.6 Å². The monoisotopic (exact) mass is 316 g/mol. The summed E-state index contributed by atoms with van der Waals surface area (Å²) in [6.45, 7) is 0. The van der Waals surface area contributed by atoms with Crippen LogP contribution in [-0.4, -0.2) is 44.3 Å². The summed E-state index contributed by atoms with van der Waals surface area (Å²) in [5.41, 5.74) is 0. The first-order valence-corrected chi connectivity index (χ1v) is 6.13. The Balaban J connectivity index is -0.000000135. The topological polar surface area (TPSA) is 149 Å². The molecule has 0 radical (unpaired) electrons. The van der Waals surface area contributed by atoms with Crippen LogP contribution in [-0.2, 0) is 19.2 Å². The normalized spacial score (nSPS) is 8.76. The van der Waals surface area contributed by atoms with Gasteiger partial charge in [0.25, 0.3) is 0 Å². The third-order valence-corrected chi connectivity index (χ3v) is 2.06. The van der Waals surface area contributed by atoms with E-state index in [2.05, 4.69) is 0 Å². The second kappa shape index (κ2) is 16.9. The minimum absolute atomic E-state index is 0. The quantitative estimate of drug-likeness (QED) is 0.282. The van der Waals surface area contributed by atoms with Crippen LogP contribution in [0.3, 0.4) is 0 Å². The Labute approximate surface area is 145 Å². The fourth-order valence-electron chi connectivity index (χ4n) is 1.10. The van der Waals surface area contributed by atoms with Gasteiger partial charge < -0.3 is 21.9 Å². The van der Waals surface area contributed by atoms with Crippen LogP contribution in [0.2, 0.25) is 0 Å². The Morgan fingerprint density at radius 1 is 0.524 bits per heavy atom. The molecule has 0 fully saturated rings. The maximum Gasteiger partial charge on any atom is 1.00 e. The average Bonchev–Trinajstić information content (AvgIpc) is 2.30. The van der Waals surface area contributed by atoms with Gasteiger partial charge in [-0.3, -0.25) is 19.2 Å². The number of unbranched alkanes of at least 4 members (excludes halogenated alkanes) is 2. The first kappa shape index (κ1) is 24.9. The van der Waals surface area contributed by atoms with Crippen molar-refractivity contribution in [2.75, 3.05) is 0 Å². The van der Waals surface area contributed by atoms with Crippen LogP contribution >= 0.6 is 0 Å². The Kier molecular flexibility index (Phi) is 20.1. The van der Waals surface area contributed by atoms with Crippen molar-refractivity contribution in [2.24, 2.45) is 0 Å². The first-order valence-electron chi connectivity index (χ1n) is 6.13. The van der Waals surface area contributed by atoms with Gasteiger partial charge >= 0.3 is 53.4 Å².